The first-order chi connectivity index (χ1) is 13.6. The molecule has 170 valence electrons. The van der Waals surface area contributed by atoms with Gasteiger partial charge in [-0.05, 0) is 54.4 Å². The maximum atomic E-state index is 12.2. The second-order valence-electron chi connectivity index (χ2n) is 8.12. The van der Waals surface area contributed by atoms with Crippen LogP contribution in [-0.4, -0.2) is 71.3 Å². The van der Waals surface area contributed by atoms with E-state index < -0.39 is 8.80 Å². The summed E-state index contributed by atoms with van der Waals surface area (Å²) in [4.78, 5) is 24.4. The van der Waals surface area contributed by atoms with Gasteiger partial charge < -0.3 is 34.5 Å². The van der Waals surface area contributed by atoms with Gasteiger partial charge in [-0.25, -0.2) is 4.79 Å². The van der Waals surface area contributed by atoms with Gasteiger partial charge in [0.2, 0.25) is 5.91 Å². The summed E-state index contributed by atoms with van der Waals surface area (Å²) < 4.78 is 17.4. The van der Waals surface area contributed by atoms with Crippen molar-refractivity contribution < 1.29 is 22.9 Å². The van der Waals surface area contributed by atoms with E-state index in [4.69, 9.17) is 13.3 Å². The van der Waals surface area contributed by atoms with Crippen LogP contribution in [0.15, 0.2) is 0 Å². The standard InChI is InChI=1S/C19H40N4O5Si/c1-7-26-29(27-8-2,28-9-3)12-10-11-20-18(25)22-15-13-16(21-14-15)17(24)23-19(4,5)6/h15-16,21H,7-14H2,1-6H3,(H,23,24)(H2,20,22,25)/t15-,16-/m0/s1. The van der Waals surface area contributed by atoms with E-state index >= 15 is 0 Å². The third-order valence-corrected chi connectivity index (χ3v) is 7.47. The van der Waals surface area contributed by atoms with Gasteiger partial charge in [-0.15, -0.1) is 0 Å². The quantitative estimate of drug-likeness (QED) is 0.274. The third kappa shape index (κ3) is 9.90. The molecule has 1 saturated heterocycles. The first-order valence-corrected chi connectivity index (χ1v) is 12.6. The summed E-state index contributed by atoms with van der Waals surface area (Å²) in [6, 6.07) is 0.0670. The van der Waals surface area contributed by atoms with E-state index in [1.165, 1.54) is 0 Å². The molecule has 10 heteroatoms. The fourth-order valence-corrected chi connectivity index (χ4v) is 5.86. The number of nitrogens with one attached hydrogen (secondary N) is 4. The topological polar surface area (TPSA) is 110 Å². The Morgan fingerprint density at radius 3 is 2.17 bits per heavy atom. The van der Waals surface area contributed by atoms with Crippen molar-refractivity contribution >= 4 is 20.7 Å². The van der Waals surface area contributed by atoms with Crippen LogP contribution in [0.25, 0.3) is 0 Å². The van der Waals surface area contributed by atoms with E-state index in [0.29, 0.717) is 51.8 Å². The molecule has 2 atom stereocenters. The average molecular weight is 433 g/mol. The first-order valence-electron chi connectivity index (χ1n) is 10.7. The highest BCUT2D eigenvalue weighted by Gasteiger charge is 2.39. The highest BCUT2D eigenvalue weighted by atomic mass is 28.4. The van der Waals surface area contributed by atoms with E-state index in [-0.39, 0.29) is 29.6 Å². The molecule has 3 amide bonds. The third-order valence-electron chi connectivity index (χ3n) is 4.32. The van der Waals surface area contributed by atoms with Gasteiger partial charge in [0.05, 0.1) is 6.04 Å². The minimum absolute atomic E-state index is 0.0359. The number of carbonyl (C=O) groups is 2. The van der Waals surface area contributed by atoms with Crippen molar-refractivity contribution in [3.05, 3.63) is 0 Å². The smallest absolute Gasteiger partial charge is 0.374 e. The van der Waals surface area contributed by atoms with Crippen molar-refractivity contribution in [3.63, 3.8) is 0 Å². The van der Waals surface area contributed by atoms with Gasteiger partial charge >= 0.3 is 14.8 Å². The Hall–Kier alpha value is -1.20. The second kappa shape index (κ2) is 12.5. The fourth-order valence-electron chi connectivity index (χ4n) is 3.25. The molecule has 0 bridgehead atoms. The molecule has 0 saturated carbocycles. The van der Waals surface area contributed by atoms with Crippen LogP contribution in [0.5, 0.6) is 0 Å². The van der Waals surface area contributed by atoms with Crippen molar-refractivity contribution in [2.45, 2.75) is 78.1 Å². The Morgan fingerprint density at radius 1 is 1.07 bits per heavy atom. The molecule has 0 unspecified atom stereocenters. The molecule has 29 heavy (non-hydrogen) atoms. The molecule has 0 aromatic rings. The summed E-state index contributed by atoms with van der Waals surface area (Å²) >= 11 is 0. The Morgan fingerprint density at radius 2 is 1.66 bits per heavy atom. The maximum absolute atomic E-state index is 12.2. The second-order valence-corrected chi connectivity index (χ2v) is 10.9. The molecule has 0 aromatic carbocycles. The molecule has 1 fully saturated rings. The van der Waals surface area contributed by atoms with Crippen LogP contribution in [0.1, 0.15) is 54.4 Å². The van der Waals surface area contributed by atoms with Gasteiger partial charge in [-0.2, -0.15) is 0 Å². The van der Waals surface area contributed by atoms with Crippen LogP contribution in [-0.2, 0) is 18.1 Å². The number of rotatable bonds is 12. The summed E-state index contributed by atoms with van der Waals surface area (Å²) in [7, 11) is -2.67. The fraction of sp³-hybridized carbons (Fsp3) is 0.895. The minimum Gasteiger partial charge on any atom is -0.374 e. The van der Waals surface area contributed by atoms with Crippen molar-refractivity contribution in [2.24, 2.45) is 0 Å². The molecular weight excluding hydrogens is 392 g/mol. The highest BCUT2D eigenvalue weighted by molar-refractivity contribution is 6.60. The van der Waals surface area contributed by atoms with Crippen molar-refractivity contribution in [3.8, 4) is 0 Å². The molecule has 9 nitrogen and oxygen atoms in total. The van der Waals surface area contributed by atoms with Crippen molar-refractivity contribution in [1.82, 2.24) is 21.3 Å². The Kier molecular flexibility index (Phi) is 11.1. The maximum Gasteiger partial charge on any atom is 0.500 e. The summed E-state index contributed by atoms with van der Waals surface area (Å²) in [6.45, 7) is 14.3. The van der Waals surface area contributed by atoms with Crippen molar-refractivity contribution in [1.29, 1.82) is 0 Å². The Balaban J connectivity index is 2.34. The van der Waals surface area contributed by atoms with Gasteiger partial charge in [0.25, 0.3) is 0 Å². The molecule has 1 aliphatic rings. The largest absolute Gasteiger partial charge is 0.500 e. The molecule has 1 aliphatic heterocycles. The molecule has 1 rings (SSSR count). The van der Waals surface area contributed by atoms with Crippen LogP contribution in [0.2, 0.25) is 6.04 Å². The van der Waals surface area contributed by atoms with Crippen LogP contribution >= 0.6 is 0 Å². The molecule has 4 N–H and O–H groups in total. The van der Waals surface area contributed by atoms with E-state index in [0.717, 1.165) is 0 Å². The lowest BCUT2D eigenvalue weighted by molar-refractivity contribution is -0.124. The Bertz CT molecular complexity index is 498. The number of hydrogen-bond donors (Lipinski definition) is 4. The van der Waals surface area contributed by atoms with Gasteiger partial charge in [-0.3, -0.25) is 4.79 Å². The zero-order chi connectivity index (χ0) is 21.9. The van der Waals surface area contributed by atoms with E-state index in [9.17, 15) is 9.59 Å². The van der Waals surface area contributed by atoms with Gasteiger partial charge in [0, 0.05) is 50.5 Å². The summed E-state index contributed by atoms with van der Waals surface area (Å²) in [5.74, 6) is -0.0359. The summed E-state index contributed by atoms with van der Waals surface area (Å²) in [5, 5.41) is 11.9. The lowest BCUT2D eigenvalue weighted by Crippen LogP contribution is -2.48. The van der Waals surface area contributed by atoms with Crippen molar-refractivity contribution in [2.75, 3.05) is 32.9 Å². The van der Waals surface area contributed by atoms with Crippen LogP contribution in [0, 0.1) is 0 Å². The minimum atomic E-state index is -2.67. The average Bonchev–Trinajstić information content (AvgIpc) is 3.07. The SMILES string of the molecule is CCO[Si](CCCNC(=O)N[C@@H]1CN[C@H](C(=O)NC(C)(C)C)C1)(OCC)OCC. The monoisotopic (exact) mass is 432 g/mol. The highest BCUT2D eigenvalue weighted by Crippen LogP contribution is 2.17. The molecule has 1 heterocycles. The number of amides is 3. The Labute approximate surface area is 176 Å². The molecule has 0 aliphatic carbocycles. The zero-order valence-electron chi connectivity index (χ0n) is 18.9. The predicted octanol–water partition coefficient (Wildman–Crippen LogP) is 1.37. The molecular formula is C19H40N4O5Si. The number of urea groups is 1. The zero-order valence-corrected chi connectivity index (χ0v) is 19.9. The van der Waals surface area contributed by atoms with Crippen LogP contribution in [0.4, 0.5) is 4.79 Å². The molecule has 0 radical (unpaired) electrons. The van der Waals surface area contributed by atoms with Gasteiger partial charge in [0.15, 0.2) is 0 Å². The normalized spacial score (nSPS) is 19.8. The number of carbonyl (C=O) groups excluding carboxylic acids is 2. The van der Waals surface area contributed by atoms with E-state index in [2.05, 4.69) is 21.3 Å². The van der Waals surface area contributed by atoms with E-state index in [1.807, 2.05) is 41.5 Å². The lowest BCUT2D eigenvalue weighted by Gasteiger charge is -2.28. The van der Waals surface area contributed by atoms with Gasteiger partial charge in [-0.1, -0.05) is 0 Å². The van der Waals surface area contributed by atoms with Gasteiger partial charge in [0.1, 0.15) is 0 Å². The molecule has 0 aromatic heterocycles. The van der Waals surface area contributed by atoms with E-state index in [1.54, 1.807) is 0 Å². The summed E-state index contributed by atoms with van der Waals surface area (Å²) in [6.07, 6.45) is 1.28. The number of hydrogen-bond acceptors (Lipinski definition) is 6. The lowest BCUT2D eigenvalue weighted by atomic mass is 10.1. The van der Waals surface area contributed by atoms with Crippen LogP contribution in [0.3, 0.4) is 0 Å². The predicted molar refractivity (Wildman–Crippen MR) is 115 cm³/mol. The molecule has 0 spiro atoms. The first kappa shape index (κ1) is 25.8. The summed E-state index contributed by atoms with van der Waals surface area (Å²) in [5.41, 5.74) is -0.273. The van der Waals surface area contributed by atoms with Crippen LogP contribution < -0.4 is 21.3 Å².